The minimum atomic E-state index is 0.630. The van der Waals surface area contributed by atoms with Crippen LogP contribution in [0.2, 0.25) is 0 Å². The third-order valence-corrected chi connectivity index (χ3v) is 1.03. The van der Waals surface area contributed by atoms with Crippen LogP contribution in [-0.4, -0.2) is 25.7 Å². The van der Waals surface area contributed by atoms with Gasteiger partial charge in [-0.2, -0.15) is 0 Å². The number of nitrogens with zero attached hydrogens (tertiary/aromatic N) is 6. The normalized spacial score (nSPS) is 10.0. The van der Waals surface area contributed by atoms with Crippen molar-refractivity contribution in [3.63, 3.8) is 0 Å². The number of rotatable bonds is 1. The van der Waals surface area contributed by atoms with E-state index in [1.165, 1.54) is 4.80 Å². The standard InChI is InChI=1S/C4H3N6/c1-2-4(5-3-1)10-8-6-7-9-10/h1-3H/q-1. The predicted octanol–water partition coefficient (Wildman–Crippen LogP) is -0.986. The number of aromatic nitrogens is 6. The molecule has 50 valence electrons. The van der Waals surface area contributed by atoms with Crippen molar-refractivity contribution in [2.45, 2.75) is 0 Å². The Morgan fingerprint density at radius 2 is 2.10 bits per heavy atom. The first-order valence-electron chi connectivity index (χ1n) is 2.66. The van der Waals surface area contributed by atoms with Gasteiger partial charge in [-0.3, -0.25) is 0 Å². The van der Waals surface area contributed by atoms with Gasteiger partial charge in [0.15, 0.2) is 0 Å². The molecule has 0 amide bonds. The van der Waals surface area contributed by atoms with Crippen LogP contribution in [0.3, 0.4) is 0 Å². The average molecular weight is 135 g/mol. The van der Waals surface area contributed by atoms with Crippen molar-refractivity contribution in [3.05, 3.63) is 18.3 Å². The average Bonchev–Trinajstić information content (AvgIpc) is 2.59. The summed E-state index contributed by atoms with van der Waals surface area (Å²) in [6, 6.07) is 3.56. The molecule has 0 spiro atoms. The van der Waals surface area contributed by atoms with Crippen LogP contribution in [-0.2, 0) is 0 Å². The second-order valence-electron chi connectivity index (χ2n) is 1.64. The fourth-order valence-electron chi connectivity index (χ4n) is 0.631. The quantitative estimate of drug-likeness (QED) is 0.502. The van der Waals surface area contributed by atoms with E-state index in [1.807, 2.05) is 0 Å². The van der Waals surface area contributed by atoms with Gasteiger partial charge in [-0.15, -0.1) is 10.4 Å². The Morgan fingerprint density at radius 1 is 1.30 bits per heavy atom. The molecule has 0 aliphatic carbocycles. The van der Waals surface area contributed by atoms with E-state index in [1.54, 1.807) is 18.3 Å². The lowest BCUT2D eigenvalue weighted by atomic mass is 10.6. The van der Waals surface area contributed by atoms with Crippen LogP contribution in [0.4, 0.5) is 0 Å². The summed E-state index contributed by atoms with van der Waals surface area (Å²) in [5.74, 6) is 0.630. The molecule has 2 rings (SSSR count). The van der Waals surface area contributed by atoms with Gasteiger partial charge in [0, 0.05) is 0 Å². The highest BCUT2D eigenvalue weighted by Crippen LogP contribution is 1.93. The minimum absolute atomic E-state index is 0.630. The Morgan fingerprint density at radius 3 is 2.70 bits per heavy atom. The molecule has 6 nitrogen and oxygen atoms in total. The van der Waals surface area contributed by atoms with Crippen molar-refractivity contribution in [3.8, 4) is 5.82 Å². The lowest BCUT2D eigenvalue weighted by molar-refractivity contribution is 0.694. The molecule has 2 aromatic heterocycles. The molecule has 0 N–H and O–H groups in total. The summed E-state index contributed by atoms with van der Waals surface area (Å²) >= 11 is 0. The Bertz CT molecular complexity index is 249. The highest BCUT2D eigenvalue weighted by Gasteiger charge is 1.84. The Hall–Kier alpha value is -1.72. The maximum Gasteiger partial charge on any atom is -0.0180 e. The lowest BCUT2D eigenvalue weighted by Crippen LogP contribution is -1.99. The van der Waals surface area contributed by atoms with Gasteiger partial charge in [-0.1, -0.05) is 18.3 Å². The van der Waals surface area contributed by atoms with E-state index in [0.717, 1.165) is 0 Å². The van der Waals surface area contributed by atoms with Gasteiger partial charge in [-0.25, -0.2) is 4.80 Å². The van der Waals surface area contributed by atoms with Crippen LogP contribution in [0.25, 0.3) is 5.82 Å². The summed E-state index contributed by atoms with van der Waals surface area (Å²) in [5, 5.41) is 13.7. The molecule has 2 aromatic rings. The molecule has 0 radical (unpaired) electrons. The van der Waals surface area contributed by atoms with Crippen molar-refractivity contribution >= 4 is 0 Å². The molecule has 0 unspecified atom stereocenters. The summed E-state index contributed by atoms with van der Waals surface area (Å²) in [6.45, 7) is 0. The molecule has 2 heterocycles. The molecule has 0 aliphatic heterocycles. The zero-order chi connectivity index (χ0) is 6.81. The van der Waals surface area contributed by atoms with E-state index in [9.17, 15) is 0 Å². The predicted molar refractivity (Wildman–Crippen MR) is 30.3 cm³/mol. The first-order valence-corrected chi connectivity index (χ1v) is 2.66. The van der Waals surface area contributed by atoms with E-state index >= 15 is 0 Å². The minimum Gasteiger partial charge on any atom is -0.440 e. The molecular weight excluding hydrogens is 132 g/mol. The monoisotopic (exact) mass is 135 g/mol. The van der Waals surface area contributed by atoms with Gasteiger partial charge >= 0.3 is 0 Å². The van der Waals surface area contributed by atoms with E-state index < -0.39 is 0 Å². The van der Waals surface area contributed by atoms with Crippen LogP contribution < -0.4 is 4.98 Å². The Labute approximate surface area is 55.8 Å². The van der Waals surface area contributed by atoms with Gasteiger partial charge < -0.3 is 4.98 Å². The van der Waals surface area contributed by atoms with Crippen LogP contribution in [0.5, 0.6) is 0 Å². The van der Waals surface area contributed by atoms with Gasteiger partial charge in [-0.05, 0) is 16.2 Å². The third kappa shape index (κ3) is 0.661. The molecule has 0 saturated heterocycles. The van der Waals surface area contributed by atoms with Crippen molar-refractivity contribution < 1.29 is 0 Å². The molecule has 0 bridgehead atoms. The van der Waals surface area contributed by atoms with E-state index in [2.05, 4.69) is 25.8 Å². The number of hydrogen-bond acceptors (Lipinski definition) is 4. The van der Waals surface area contributed by atoms with Crippen molar-refractivity contribution in [2.24, 2.45) is 0 Å². The Balaban J connectivity index is 2.48. The maximum absolute atomic E-state index is 3.92. The highest BCUT2D eigenvalue weighted by atomic mass is 15.7. The van der Waals surface area contributed by atoms with Gasteiger partial charge in [0.1, 0.15) is 0 Å². The summed E-state index contributed by atoms with van der Waals surface area (Å²) in [6.07, 6.45) is 1.65. The Kier molecular flexibility index (Phi) is 0.970. The summed E-state index contributed by atoms with van der Waals surface area (Å²) in [7, 11) is 0. The molecule has 0 atom stereocenters. The number of hydrogen-bond donors (Lipinski definition) is 0. The van der Waals surface area contributed by atoms with E-state index in [-0.39, 0.29) is 0 Å². The second-order valence-corrected chi connectivity index (χ2v) is 1.64. The van der Waals surface area contributed by atoms with Crippen molar-refractivity contribution in [2.75, 3.05) is 0 Å². The highest BCUT2D eigenvalue weighted by molar-refractivity contribution is 5.16. The summed E-state index contributed by atoms with van der Waals surface area (Å²) < 4.78 is 0. The zero-order valence-corrected chi connectivity index (χ0v) is 4.92. The smallest absolute Gasteiger partial charge is 0.0180 e. The van der Waals surface area contributed by atoms with E-state index in [0.29, 0.717) is 5.82 Å². The fourth-order valence-corrected chi connectivity index (χ4v) is 0.631. The summed E-state index contributed by atoms with van der Waals surface area (Å²) in [5.41, 5.74) is 0. The molecule has 0 fully saturated rings. The first-order chi connectivity index (χ1) is 4.97. The van der Waals surface area contributed by atoms with Crippen molar-refractivity contribution in [1.82, 2.24) is 30.6 Å². The van der Waals surface area contributed by atoms with Crippen molar-refractivity contribution in [1.29, 1.82) is 0 Å². The molecule has 6 heteroatoms. The van der Waals surface area contributed by atoms with Gasteiger partial charge in [0.05, 0.1) is 0 Å². The summed E-state index contributed by atoms with van der Waals surface area (Å²) in [4.78, 5) is 5.17. The SMILES string of the molecule is c1c[n-]c(-n2nnnn2)c1. The first kappa shape index (κ1) is 5.10. The molecule has 0 aromatic carbocycles. The molecule has 10 heavy (non-hydrogen) atoms. The molecule has 0 saturated carbocycles. The van der Waals surface area contributed by atoms with Crippen LogP contribution >= 0.6 is 0 Å². The van der Waals surface area contributed by atoms with Gasteiger partial charge in [0.25, 0.3) is 0 Å². The van der Waals surface area contributed by atoms with Gasteiger partial charge in [0.2, 0.25) is 0 Å². The van der Waals surface area contributed by atoms with E-state index in [4.69, 9.17) is 0 Å². The second kappa shape index (κ2) is 1.90. The fraction of sp³-hybridized carbons (Fsp3) is 0. The molecule has 0 aliphatic rings. The topological polar surface area (TPSA) is 70.6 Å². The van der Waals surface area contributed by atoms with Crippen LogP contribution in [0.1, 0.15) is 0 Å². The van der Waals surface area contributed by atoms with Crippen LogP contribution in [0, 0.1) is 0 Å². The van der Waals surface area contributed by atoms with Crippen LogP contribution in [0.15, 0.2) is 18.3 Å². The zero-order valence-electron chi connectivity index (χ0n) is 4.92. The third-order valence-electron chi connectivity index (χ3n) is 1.03. The lowest BCUT2D eigenvalue weighted by Gasteiger charge is -1.99. The maximum atomic E-state index is 3.92. The molecular formula is C4H3N6-. The largest absolute Gasteiger partial charge is 0.440 e.